The molecular formula is C14H22N2. The van der Waals surface area contributed by atoms with E-state index >= 15 is 0 Å². The van der Waals surface area contributed by atoms with Crippen molar-refractivity contribution in [2.24, 2.45) is 17.6 Å². The Labute approximate surface area is 98.3 Å². The number of nitrogens with two attached hydrogens (primary N) is 1. The predicted molar refractivity (Wildman–Crippen MR) is 67.0 cm³/mol. The molecule has 1 heterocycles. The summed E-state index contributed by atoms with van der Waals surface area (Å²) in [5, 5.41) is 0. The van der Waals surface area contributed by atoms with Gasteiger partial charge in [-0.2, -0.15) is 0 Å². The lowest BCUT2D eigenvalue weighted by Crippen LogP contribution is -2.47. The molecule has 0 radical (unpaired) electrons. The van der Waals surface area contributed by atoms with Gasteiger partial charge in [0.05, 0.1) is 0 Å². The maximum atomic E-state index is 6.65. The first-order valence-electron chi connectivity index (χ1n) is 6.24. The van der Waals surface area contributed by atoms with Crippen LogP contribution in [0.3, 0.4) is 0 Å². The van der Waals surface area contributed by atoms with Crippen molar-refractivity contribution in [3.63, 3.8) is 0 Å². The van der Waals surface area contributed by atoms with Gasteiger partial charge >= 0.3 is 0 Å². The summed E-state index contributed by atoms with van der Waals surface area (Å²) >= 11 is 0. The molecule has 88 valence electrons. The van der Waals surface area contributed by atoms with Crippen molar-refractivity contribution in [1.29, 1.82) is 0 Å². The molecule has 1 aromatic rings. The minimum Gasteiger partial charge on any atom is -0.321 e. The summed E-state index contributed by atoms with van der Waals surface area (Å²) in [7, 11) is 0. The van der Waals surface area contributed by atoms with E-state index in [0.29, 0.717) is 5.92 Å². The van der Waals surface area contributed by atoms with E-state index in [-0.39, 0.29) is 5.54 Å². The Morgan fingerprint density at radius 3 is 2.81 bits per heavy atom. The van der Waals surface area contributed by atoms with Crippen LogP contribution in [0.15, 0.2) is 18.5 Å². The summed E-state index contributed by atoms with van der Waals surface area (Å²) in [6, 6.07) is 2.06. The minimum absolute atomic E-state index is 0.162. The third kappa shape index (κ3) is 1.86. The Morgan fingerprint density at radius 1 is 1.44 bits per heavy atom. The van der Waals surface area contributed by atoms with Gasteiger partial charge in [0.2, 0.25) is 0 Å². The van der Waals surface area contributed by atoms with E-state index in [1.165, 1.54) is 24.0 Å². The van der Waals surface area contributed by atoms with Crippen molar-refractivity contribution in [2.45, 2.75) is 45.6 Å². The van der Waals surface area contributed by atoms with Gasteiger partial charge < -0.3 is 5.73 Å². The zero-order valence-electron chi connectivity index (χ0n) is 10.5. The molecule has 1 aliphatic carbocycles. The Balaban J connectivity index is 2.35. The Bertz CT molecular complexity index is 375. The zero-order valence-corrected chi connectivity index (χ0v) is 10.5. The van der Waals surface area contributed by atoms with E-state index in [9.17, 15) is 0 Å². The lowest BCUT2D eigenvalue weighted by molar-refractivity contribution is 0.163. The van der Waals surface area contributed by atoms with Crippen molar-refractivity contribution in [3.8, 4) is 0 Å². The molecule has 1 saturated carbocycles. The summed E-state index contributed by atoms with van der Waals surface area (Å²) in [6.07, 6.45) is 7.35. The second kappa shape index (κ2) is 4.17. The average molecular weight is 218 g/mol. The number of hydrogen-bond acceptors (Lipinski definition) is 2. The zero-order chi connectivity index (χ0) is 11.8. The van der Waals surface area contributed by atoms with Gasteiger partial charge in [-0.1, -0.05) is 13.8 Å². The van der Waals surface area contributed by atoms with Gasteiger partial charge in [-0.3, -0.25) is 4.98 Å². The smallest absolute Gasteiger partial charge is 0.0453 e. The van der Waals surface area contributed by atoms with Crippen LogP contribution in [0.1, 0.15) is 44.2 Å². The highest BCUT2D eigenvalue weighted by atomic mass is 14.8. The summed E-state index contributed by atoms with van der Waals surface area (Å²) in [5.74, 6) is 1.35. The van der Waals surface area contributed by atoms with Crippen LogP contribution in [0.5, 0.6) is 0 Å². The highest BCUT2D eigenvalue weighted by molar-refractivity contribution is 5.30. The molecule has 0 aromatic carbocycles. The molecule has 16 heavy (non-hydrogen) atoms. The van der Waals surface area contributed by atoms with Gasteiger partial charge in [-0.05, 0) is 55.2 Å². The van der Waals surface area contributed by atoms with Gasteiger partial charge in [0.25, 0.3) is 0 Å². The first-order chi connectivity index (χ1) is 7.54. The second-order valence-corrected chi connectivity index (χ2v) is 5.51. The maximum Gasteiger partial charge on any atom is 0.0453 e. The molecule has 2 N–H and O–H groups in total. The van der Waals surface area contributed by atoms with E-state index in [0.717, 1.165) is 12.3 Å². The molecule has 1 aromatic heterocycles. The molecule has 1 fully saturated rings. The quantitative estimate of drug-likeness (QED) is 0.787. The maximum absolute atomic E-state index is 6.65. The highest BCUT2D eigenvalue weighted by Gasteiger charge is 2.39. The second-order valence-electron chi connectivity index (χ2n) is 5.51. The number of nitrogens with zero attached hydrogens (tertiary/aromatic N) is 1. The van der Waals surface area contributed by atoms with Crippen LogP contribution in [-0.2, 0) is 5.54 Å². The largest absolute Gasteiger partial charge is 0.321 e. The van der Waals surface area contributed by atoms with Gasteiger partial charge in [0.1, 0.15) is 0 Å². The van der Waals surface area contributed by atoms with Crippen LogP contribution in [-0.4, -0.2) is 4.98 Å². The SMILES string of the molecule is Cc1ccncc1C1(N)CCC(C)CC1C. The monoisotopic (exact) mass is 218 g/mol. The molecule has 3 unspecified atom stereocenters. The average Bonchev–Trinajstić information content (AvgIpc) is 2.25. The van der Waals surface area contributed by atoms with Crippen LogP contribution in [0, 0.1) is 18.8 Å². The lowest BCUT2D eigenvalue weighted by Gasteiger charge is -2.42. The number of aryl methyl sites for hydroxylation is 1. The Hall–Kier alpha value is -0.890. The fourth-order valence-electron chi connectivity index (χ4n) is 3.01. The fourth-order valence-corrected chi connectivity index (χ4v) is 3.01. The molecule has 0 bridgehead atoms. The van der Waals surface area contributed by atoms with Crippen molar-refractivity contribution in [2.75, 3.05) is 0 Å². The van der Waals surface area contributed by atoms with E-state index in [1.807, 2.05) is 12.4 Å². The van der Waals surface area contributed by atoms with E-state index in [2.05, 4.69) is 31.8 Å². The van der Waals surface area contributed by atoms with E-state index < -0.39 is 0 Å². The predicted octanol–water partition coefficient (Wildman–Crippen LogP) is 3.00. The van der Waals surface area contributed by atoms with Gasteiger partial charge in [-0.25, -0.2) is 0 Å². The molecule has 1 aliphatic rings. The molecule has 3 atom stereocenters. The number of aromatic nitrogens is 1. The van der Waals surface area contributed by atoms with Crippen LogP contribution in [0.25, 0.3) is 0 Å². The molecule has 2 rings (SSSR count). The highest BCUT2D eigenvalue weighted by Crippen LogP contribution is 2.42. The normalized spacial score (nSPS) is 35.0. The van der Waals surface area contributed by atoms with E-state index in [1.54, 1.807) is 0 Å². The van der Waals surface area contributed by atoms with E-state index in [4.69, 9.17) is 5.73 Å². The molecule has 0 amide bonds. The van der Waals surface area contributed by atoms with Gasteiger partial charge in [0.15, 0.2) is 0 Å². The third-order valence-corrected chi connectivity index (χ3v) is 4.23. The Kier molecular flexibility index (Phi) is 3.02. The van der Waals surface area contributed by atoms with Crippen LogP contribution >= 0.6 is 0 Å². The summed E-state index contributed by atoms with van der Waals surface area (Å²) in [6.45, 7) is 6.74. The number of hydrogen-bond donors (Lipinski definition) is 1. The molecule has 0 saturated heterocycles. The van der Waals surface area contributed by atoms with Gasteiger partial charge in [0, 0.05) is 17.9 Å². The molecular weight excluding hydrogens is 196 g/mol. The summed E-state index contributed by atoms with van der Waals surface area (Å²) in [5.41, 5.74) is 9.01. The standard InChI is InChI=1S/C14H22N2/c1-10-4-6-14(15,12(3)8-10)13-9-16-7-5-11(13)2/h5,7,9-10,12H,4,6,8,15H2,1-3H3. The molecule has 0 aliphatic heterocycles. The van der Waals surface area contributed by atoms with Crippen molar-refractivity contribution < 1.29 is 0 Å². The fraction of sp³-hybridized carbons (Fsp3) is 0.643. The lowest BCUT2D eigenvalue weighted by atomic mass is 9.67. The number of rotatable bonds is 1. The first-order valence-corrected chi connectivity index (χ1v) is 6.24. The summed E-state index contributed by atoms with van der Waals surface area (Å²) in [4.78, 5) is 4.24. The van der Waals surface area contributed by atoms with Crippen LogP contribution in [0.4, 0.5) is 0 Å². The molecule has 2 heteroatoms. The topological polar surface area (TPSA) is 38.9 Å². The first kappa shape index (κ1) is 11.6. The number of pyridine rings is 1. The van der Waals surface area contributed by atoms with Crippen LogP contribution in [0.2, 0.25) is 0 Å². The van der Waals surface area contributed by atoms with Crippen molar-refractivity contribution in [1.82, 2.24) is 4.98 Å². The van der Waals surface area contributed by atoms with Crippen LogP contribution < -0.4 is 5.73 Å². The van der Waals surface area contributed by atoms with Crippen molar-refractivity contribution >= 4 is 0 Å². The Morgan fingerprint density at radius 2 is 2.19 bits per heavy atom. The molecule has 2 nitrogen and oxygen atoms in total. The van der Waals surface area contributed by atoms with Crippen molar-refractivity contribution in [3.05, 3.63) is 29.6 Å². The minimum atomic E-state index is -0.162. The van der Waals surface area contributed by atoms with Gasteiger partial charge in [-0.15, -0.1) is 0 Å². The summed E-state index contributed by atoms with van der Waals surface area (Å²) < 4.78 is 0. The molecule has 0 spiro atoms. The third-order valence-electron chi connectivity index (χ3n) is 4.23.